The Labute approximate surface area is 147 Å². The molecular formula is C19H26O6. The summed E-state index contributed by atoms with van der Waals surface area (Å²) in [5.74, 6) is -1.28. The van der Waals surface area contributed by atoms with E-state index >= 15 is 0 Å². The third kappa shape index (κ3) is 2.85. The molecule has 0 unspecified atom stereocenters. The number of hydrogen-bond acceptors (Lipinski definition) is 6. The highest BCUT2D eigenvalue weighted by Gasteiger charge is 2.60. The van der Waals surface area contributed by atoms with Crippen molar-refractivity contribution in [2.24, 2.45) is 16.7 Å². The number of carbonyl (C=O) groups is 3. The molecule has 0 N–H and O–H groups in total. The average molecular weight is 350 g/mol. The van der Waals surface area contributed by atoms with E-state index in [1.54, 1.807) is 0 Å². The van der Waals surface area contributed by atoms with E-state index < -0.39 is 30.3 Å². The minimum Gasteiger partial charge on any atom is -0.457 e. The lowest BCUT2D eigenvalue weighted by molar-refractivity contribution is -0.174. The summed E-state index contributed by atoms with van der Waals surface area (Å²) >= 11 is 0. The molecular weight excluding hydrogens is 324 g/mol. The predicted molar refractivity (Wildman–Crippen MR) is 88.1 cm³/mol. The highest BCUT2D eigenvalue weighted by molar-refractivity contribution is 5.94. The highest BCUT2D eigenvalue weighted by atomic mass is 16.7. The van der Waals surface area contributed by atoms with E-state index in [1.807, 2.05) is 0 Å². The summed E-state index contributed by atoms with van der Waals surface area (Å²) in [6.45, 7) is 9.18. The van der Waals surface area contributed by atoms with Crippen LogP contribution in [0, 0.1) is 16.7 Å². The molecule has 0 aromatic rings. The predicted octanol–water partition coefficient (Wildman–Crippen LogP) is 2.90. The van der Waals surface area contributed by atoms with Gasteiger partial charge >= 0.3 is 17.9 Å². The van der Waals surface area contributed by atoms with Gasteiger partial charge in [-0.25, -0.2) is 4.79 Å². The molecule has 0 saturated heterocycles. The molecule has 0 spiro atoms. The summed E-state index contributed by atoms with van der Waals surface area (Å²) in [7, 11) is 0. The van der Waals surface area contributed by atoms with E-state index in [0.717, 1.165) is 19.3 Å². The molecule has 25 heavy (non-hydrogen) atoms. The van der Waals surface area contributed by atoms with Crippen molar-refractivity contribution in [2.75, 3.05) is 0 Å². The molecule has 0 aromatic heterocycles. The molecule has 3 aliphatic rings. The van der Waals surface area contributed by atoms with Gasteiger partial charge in [-0.15, -0.1) is 0 Å². The summed E-state index contributed by atoms with van der Waals surface area (Å²) in [5.41, 5.74) is 0.775. The lowest BCUT2D eigenvalue weighted by Gasteiger charge is -2.55. The van der Waals surface area contributed by atoms with Gasteiger partial charge in [-0.3, -0.25) is 9.59 Å². The first kappa shape index (κ1) is 18.0. The van der Waals surface area contributed by atoms with Gasteiger partial charge in [0.15, 0.2) is 0 Å². The van der Waals surface area contributed by atoms with Crippen molar-refractivity contribution in [1.29, 1.82) is 0 Å². The second-order valence-electron chi connectivity index (χ2n) is 8.32. The maximum absolute atomic E-state index is 12.5. The van der Waals surface area contributed by atoms with E-state index in [1.165, 1.54) is 13.8 Å². The largest absolute Gasteiger partial charge is 0.457 e. The van der Waals surface area contributed by atoms with E-state index in [9.17, 15) is 14.4 Å². The minimum absolute atomic E-state index is 0.0241. The van der Waals surface area contributed by atoms with Crippen LogP contribution in [0.25, 0.3) is 0 Å². The maximum Gasteiger partial charge on any atom is 0.341 e. The van der Waals surface area contributed by atoms with Crippen LogP contribution in [-0.4, -0.2) is 30.3 Å². The smallest absolute Gasteiger partial charge is 0.341 e. The summed E-state index contributed by atoms with van der Waals surface area (Å²) in [6, 6.07) is 0. The Morgan fingerprint density at radius 1 is 1.08 bits per heavy atom. The zero-order chi connectivity index (χ0) is 18.6. The first-order valence-corrected chi connectivity index (χ1v) is 8.86. The van der Waals surface area contributed by atoms with Crippen molar-refractivity contribution < 1.29 is 28.6 Å². The van der Waals surface area contributed by atoms with Crippen LogP contribution in [0.4, 0.5) is 0 Å². The van der Waals surface area contributed by atoms with Gasteiger partial charge in [0.2, 0.25) is 0 Å². The van der Waals surface area contributed by atoms with Gasteiger partial charge in [-0.2, -0.15) is 0 Å². The molecule has 6 nitrogen and oxygen atoms in total. The summed E-state index contributed by atoms with van der Waals surface area (Å²) < 4.78 is 16.2. The van der Waals surface area contributed by atoms with E-state index in [2.05, 4.69) is 20.8 Å². The molecule has 2 aliphatic carbocycles. The lowest BCUT2D eigenvalue weighted by Crippen LogP contribution is -2.50. The van der Waals surface area contributed by atoms with Gasteiger partial charge in [-0.1, -0.05) is 27.2 Å². The van der Waals surface area contributed by atoms with Gasteiger partial charge in [0.25, 0.3) is 6.29 Å². The van der Waals surface area contributed by atoms with Gasteiger partial charge in [0.1, 0.15) is 6.10 Å². The molecule has 1 fully saturated rings. The molecule has 4 atom stereocenters. The highest BCUT2D eigenvalue weighted by Crippen LogP contribution is 2.62. The Morgan fingerprint density at radius 2 is 1.72 bits per heavy atom. The molecule has 3 rings (SSSR count). The van der Waals surface area contributed by atoms with Crippen LogP contribution in [-0.2, 0) is 28.6 Å². The van der Waals surface area contributed by atoms with Gasteiger partial charge in [0.05, 0.1) is 5.57 Å². The SMILES string of the molecule is CC(=O)O[C@H]1OC(=O)C2=C1[C@@]1(C)CCCC(C)(C)[C@@H]1C[C@H]2OC(C)=O. The van der Waals surface area contributed by atoms with E-state index in [4.69, 9.17) is 14.2 Å². The number of fused-ring (bicyclic) bond motifs is 2. The van der Waals surface area contributed by atoms with Crippen LogP contribution in [0.3, 0.4) is 0 Å². The molecule has 0 amide bonds. The van der Waals surface area contributed by atoms with Crippen LogP contribution in [0.5, 0.6) is 0 Å². The van der Waals surface area contributed by atoms with Crippen molar-refractivity contribution >= 4 is 17.9 Å². The van der Waals surface area contributed by atoms with Gasteiger partial charge in [-0.05, 0) is 30.6 Å². The molecule has 0 radical (unpaired) electrons. The summed E-state index contributed by atoms with van der Waals surface area (Å²) in [6.07, 6.45) is 1.91. The number of esters is 3. The van der Waals surface area contributed by atoms with Crippen LogP contribution in [0.2, 0.25) is 0 Å². The summed E-state index contributed by atoms with van der Waals surface area (Å²) in [4.78, 5) is 35.6. The van der Waals surface area contributed by atoms with Gasteiger partial charge < -0.3 is 14.2 Å². The molecule has 0 aromatic carbocycles. The Balaban J connectivity index is 2.13. The van der Waals surface area contributed by atoms with Crippen LogP contribution in [0.15, 0.2) is 11.1 Å². The third-order valence-corrected chi connectivity index (χ3v) is 6.16. The first-order valence-electron chi connectivity index (χ1n) is 8.86. The van der Waals surface area contributed by atoms with Crippen molar-refractivity contribution in [3.63, 3.8) is 0 Å². The Morgan fingerprint density at radius 3 is 2.32 bits per heavy atom. The van der Waals surface area contributed by atoms with Crippen LogP contribution >= 0.6 is 0 Å². The second-order valence-corrected chi connectivity index (χ2v) is 8.32. The fourth-order valence-electron chi connectivity index (χ4n) is 5.23. The maximum atomic E-state index is 12.5. The number of hydrogen-bond donors (Lipinski definition) is 0. The van der Waals surface area contributed by atoms with Crippen LogP contribution in [0.1, 0.15) is 60.3 Å². The van der Waals surface area contributed by atoms with Gasteiger partial charge in [0, 0.05) is 24.8 Å². The van der Waals surface area contributed by atoms with Crippen molar-refractivity contribution in [3.8, 4) is 0 Å². The number of carbonyl (C=O) groups excluding carboxylic acids is 3. The average Bonchev–Trinajstić information content (AvgIpc) is 2.77. The molecule has 138 valence electrons. The zero-order valence-electron chi connectivity index (χ0n) is 15.5. The number of ether oxygens (including phenoxy) is 3. The number of rotatable bonds is 2. The first-order chi connectivity index (χ1) is 11.6. The lowest BCUT2D eigenvalue weighted by atomic mass is 9.50. The topological polar surface area (TPSA) is 78.9 Å². The minimum atomic E-state index is -1.01. The molecule has 1 saturated carbocycles. The fourth-order valence-corrected chi connectivity index (χ4v) is 5.23. The molecule has 6 heteroatoms. The third-order valence-electron chi connectivity index (χ3n) is 6.16. The second kappa shape index (κ2) is 5.85. The quantitative estimate of drug-likeness (QED) is 0.713. The fraction of sp³-hybridized carbons (Fsp3) is 0.737. The Kier molecular flexibility index (Phi) is 4.20. The zero-order valence-corrected chi connectivity index (χ0v) is 15.5. The summed E-state index contributed by atoms with van der Waals surface area (Å²) in [5, 5.41) is 0. The monoisotopic (exact) mass is 350 g/mol. The standard InChI is InChI=1S/C19H26O6/c1-10(20)23-12-9-13-18(3,4)7-6-8-19(13,5)15-14(12)16(22)25-17(15)24-11(2)21/h12-13,17H,6-9H2,1-5H3/t12-,13+,17+,19+/m1/s1. The normalized spacial score (nSPS) is 36.2. The van der Waals surface area contributed by atoms with Crippen molar-refractivity contribution in [1.82, 2.24) is 0 Å². The van der Waals surface area contributed by atoms with Crippen LogP contribution < -0.4 is 0 Å². The molecule has 1 aliphatic heterocycles. The molecule has 0 bridgehead atoms. The molecule has 1 heterocycles. The Bertz CT molecular complexity index is 661. The van der Waals surface area contributed by atoms with Crippen molar-refractivity contribution in [2.45, 2.75) is 72.7 Å². The number of cyclic esters (lactones) is 1. The van der Waals surface area contributed by atoms with Crippen molar-refractivity contribution in [3.05, 3.63) is 11.1 Å². The van der Waals surface area contributed by atoms with E-state index in [-0.39, 0.29) is 16.7 Å². The van der Waals surface area contributed by atoms with E-state index in [0.29, 0.717) is 17.6 Å². The Hall–Kier alpha value is -1.85.